The molecule has 1 aliphatic rings. The van der Waals surface area contributed by atoms with Gasteiger partial charge in [0, 0.05) is 19.1 Å². The number of hydrogen-bond acceptors (Lipinski definition) is 4. The van der Waals surface area contributed by atoms with Crippen molar-refractivity contribution < 1.29 is 0 Å². The molecule has 1 atom stereocenters. The molecule has 6 heteroatoms. The molecule has 0 saturated carbocycles. The molecule has 0 radical (unpaired) electrons. The van der Waals surface area contributed by atoms with Crippen molar-refractivity contribution in [2.45, 2.75) is 18.9 Å². The van der Waals surface area contributed by atoms with E-state index >= 15 is 0 Å². The zero-order chi connectivity index (χ0) is 13.2. The van der Waals surface area contributed by atoms with Gasteiger partial charge in [-0.25, -0.2) is 9.97 Å². The van der Waals surface area contributed by atoms with Crippen LogP contribution in [0.1, 0.15) is 12.8 Å². The normalized spacial score (nSPS) is 18.9. The average Bonchev–Trinajstić information content (AvgIpc) is 2.46. The van der Waals surface area contributed by atoms with Crippen molar-refractivity contribution in [1.82, 2.24) is 15.3 Å². The Kier molecular flexibility index (Phi) is 5.02. The number of aromatic nitrogens is 2. The van der Waals surface area contributed by atoms with Crippen LogP contribution in [0.4, 0.5) is 5.82 Å². The Morgan fingerprint density at radius 1 is 1.25 bits per heavy atom. The minimum Gasteiger partial charge on any atom is -0.352 e. The molecule has 1 aromatic carbocycles. The van der Waals surface area contributed by atoms with E-state index in [2.05, 4.69) is 20.2 Å². The minimum absolute atomic E-state index is 0. The largest absolute Gasteiger partial charge is 0.352 e. The summed E-state index contributed by atoms with van der Waals surface area (Å²) in [6.45, 7) is 1.92. The number of halogens is 2. The van der Waals surface area contributed by atoms with Crippen LogP contribution in [-0.2, 0) is 0 Å². The molecule has 3 rings (SSSR count). The Morgan fingerprint density at radius 3 is 2.65 bits per heavy atom. The van der Waals surface area contributed by atoms with Gasteiger partial charge in [0.2, 0.25) is 0 Å². The molecule has 4 nitrogen and oxygen atoms in total. The third-order valence-corrected chi connectivity index (χ3v) is 3.89. The standard InChI is InChI=1S/C14H17ClN4.ClH/c1-16-10-5-4-8-19(9-10)14-13(15)17-11-6-2-3-7-12(11)18-14;/h2-3,6-7,10,16H,4-5,8-9H2,1H3;1H. The van der Waals surface area contributed by atoms with Gasteiger partial charge in [0.15, 0.2) is 11.0 Å². The minimum atomic E-state index is 0. The molecule has 2 aromatic rings. The summed E-state index contributed by atoms with van der Waals surface area (Å²) in [7, 11) is 2.00. The third-order valence-electron chi connectivity index (χ3n) is 3.64. The number of piperidine rings is 1. The fraction of sp³-hybridized carbons (Fsp3) is 0.429. The summed E-state index contributed by atoms with van der Waals surface area (Å²) in [6, 6.07) is 8.33. The smallest absolute Gasteiger partial charge is 0.172 e. The van der Waals surface area contributed by atoms with Gasteiger partial charge >= 0.3 is 0 Å². The highest BCUT2D eigenvalue weighted by atomic mass is 35.5. The molecule has 0 bridgehead atoms. The number of nitrogens with zero attached hydrogens (tertiary/aromatic N) is 3. The maximum absolute atomic E-state index is 6.29. The molecule has 20 heavy (non-hydrogen) atoms. The predicted octanol–water partition coefficient (Wildman–Crippen LogP) is 2.89. The van der Waals surface area contributed by atoms with Gasteiger partial charge in [-0.3, -0.25) is 0 Å². The zero-order valence-electron chi connectivity index (χ0n) is 11.3. The number of para-hydroxylation sites is 2. The van der Waals surface area contributed by atoms with E-state index in [4.69, 9.17) is 11.6 Å². The van der Waals surface area contributed by atoms with Crippen molar-refractivity contribution in [2.75, 3.05) is 25.0 Å². The second-order valence-corrected chi connectivity index (χ2v) is 5.26. The highest BCUT2D eigenvalue weighted by molar-refractivity contribution is 6.32. The van der Waals surface area contributed by atoms with E-state index in [0.717, 1.165) is 36.4 Å². The molecule has 1 N–H and O–H groups in total. The summed E-state index contributed by atoms with van der Waals surface area (Å²) in [5, 5.41) is 3.82. The van der Waals surface area contributed by atoms with Crippen LogP contribution in [0.5, 0.6) is 0 Å². The zero-order valence-corrected chi connectivity index (χ0v) is 12.9. The number of likely N-dealkylation sites (N-methyl/N-ethyl adjacent to an activating group) is 1. The van der Waals surface area contributed by atoms with Crippen LogP contribution < -0.4 is 10.2 Å². The van der Waals surface area contributed by atoms with Gasteiger partial charge in [-0.05, 0) is 32.0 Å². The maximum atomic E-state index is 6.29. The number of anilines is 1. The fourth-order valence-electron chi connectivity index (χ4n) is 2.58. The van der Waals surface area contributed by atoms with Crippen LogP contribution in [0.2, 0.25) is 5.15 Å². The Morgan fingerprint density at radius 2 is 1.95 bits per heavy atom. The first-order valence-electron chi connectivity index (χ1n) is 6.62. The average molecular weight is 313 g/mol. The lowest BCUT2D eigenvalue weighted by Gasteiger charge is -2.33. The maximum Gasteiger partial charge on any atom is 0.172 e. The van der Waals surface area contributed by atoms with Crippen LogP contribution in [-0.4, -0.2) is 36.1 Å². The molecule has 108 valence electrons. The molecule has 0 spiro atoms. The van der Waals surface area contributed by atoms with Gasteiger partial charge in [-0.15, -0.1) is 12.4 Å². The molecule has 0 amide bonds. The quantitative estimate of drug-likeness (QED) is 0.925. The molecule has 1 aromatic heterocycles. The molecule has 1 fully saturated rings. The lowest BCUT2D eigenvalue weighted by Crippen LogP contribution is -2.44. The molecule has 2 heterocycles. The second-order valence-electron chi connectivity index (χ2n) is 4.90. The number of nitrogens with one attached hydrogen (secondary N) is 1. The van der Waals surface area contributed by atoms with Gasteiger partial charge in [-0.1, -0.05) is 23.7 Å². The second kappa shape index (κ2) is 6.57. The van der Waals surface area contributed by atoms with E-state index in [-0.39, 0.29) is 12.4 Å². The Hall–Kier alpha value is -1.10. The van der Waals surface area contributed by atoms with Crippen molar-refractivity contribution in [3.8, 4) is 0 Å². The van der Waals surface area contributed by atoms with Gasteiger partial charge in [0.1, 0.15) is 0 Å². The van der Waals surface area contributed by atoms with Gasteiger partial charge < -0.3 is 10.2 Å². The van der Waals surface area contributed by atoms with Crippen LogP contribution in [0.15, 0.2) is 24.3 Å². The Balaban J connectivity index is 0.00000147. The first kappa shape index (κ1) is 15.3. The van der Waals surface area contributed by atoms with Crippen LogP contribution >= 0.6 is 24.0 Å². The number of rotatable bonds is 2. The Labute approximate surface area is 130 Å². The molecular formula is C14H18Cl2N4. The van der Waals surface area contributed by atoms with Crippen molar-refractivity contribution >= 4 is 40.9 Å². The van der Waals surface area contributed by atoms with Crippen molar-refractivity contribution in [3.63, 3.8) is 0 Å². The number of benzene rings is 1. The van der Waals surface area contributed by atoms with E-state index in [0.29, 0.717) is 11.2 Å². The fourth-order valence-corrected chi connectivity index (χ4v) is 2.83. The topological polar surface area (TPSA) is 41.0 Å². The summed E-state index contributed by atoms with van der Waals surface area (Å²) in [4.78, 5) is 11.3. The van der Waals surface area contributed by atoms with E-state index in [1.165, 1.54) is 6.42 Å². The highest BCUT2D eigenvalue weighted by Gasteiger charge is 2.22. The van der Waals surface area contributed by atoms with Crippen LogP contribution in [0.3, 0.4) is 0 Å². The van der Waals surface area contributed by atoms with E-state index in [1.807, 2.05) is 31.3 Å². The van der Waals surface area contributed by atoms with Gasteiger partial charge in [0.25, 0.3) is 0 Å². The van der Waals surface area contributed by atoms with Crippen molar-refractivity contribution in [1.29, 1.82) is 0 Å². The number of hydrogen-bond donors (Lipinski definition) is 1. The molecule has 0 aliphatic carbocycles. The van der Waals surface area contributed by atoms with E-state index in [1.54, 1.807) is 0 Å². The summed E-state index contributed by atoms with van der Waals surface area (Å²) >= 11 is 6.29. The SMILES string of the molecule is CNC1CCCN(c2nc3ccccc3nc2Cl)C1.Cl. The van der Waals surface area contributed by atoms with Gasteiger partial charge in [-0.2, -0.15) is 0 Å². The molecular weight excluding hydrogens is 295 g/mol. The first-order valence-corrected chi connectivity index (χ1v) is 7.00. The summed E-state index contributed by atoms with van der Waals surface area (Å²) in [5.74, 6) is 0.806. The van der Waals surface area contributed by atoms with E-state index in [9.17, 15) is 0 Å². The van der Waals surface area contributed by atoms with Crippen LogP contribution in [0, 0.1) is 0 Å². The molecule has 1 saturated heterocycles. The van der Waals surface area contributed by atoms with Crippen LogP contribution in [0.25, 0.3) is 11.0 Å². The monoisotopic (exact) mass is 312 g/mol. The predicted molar refractivity (Wildman–Crippen MR) is 86.1 cm³/mol. The van der Waals surface area contributed by atoms with Gasteiger partial charge in [0.05, 0.1) is 11.0 Å². The van der Waals surface area contributed by atoms with Crippen molar-refractivity contribution in [2.24, 2.45) is 0 Å². The summed E-state index contributed by atoms with van der Waals surface area (Å²) in [6.07, 6.45) is 2.35. The highest BCUT2D eigenvalue weighted by Crippen LogP contribution is 2.27. The molecule has 1 aliphatic heterocycles. The van der Waals surface area contributed by atoms with E-state index < -0.39 is 0 Å². The lowest BCUT2D eigenvalue weighted by atomic mass is 10.1. The Bertz CT molecular complexity index is 590. The lowest BCUT2D eigenvalue weighted by molar-refractivity contribution is 0.447. The van der Waals surface area contributed by atoms with Crippen molar-refractivity contribution in [3.05, 3.63) is 29.4 Å². The summed E-state index contributed by atoms with van der Waals surface area (Å²) < 4.78 is 0. The third kappa shape index (κ3) is 2.97. The summed E-state index contributed by atoms with van der Waals surface area (Å²) in [5.41, 5.74) is 1.74. The molecule has 1 unspecified atom stereocenters. The number of fused-ring (bicyclic) bond motifs is 1. The first-order chi connectivity index (χ1) is 9.28.